The number of rotatable bonds is 6. The maximum Gasteiger partial charge on any atom is 0.573 e. The fourth-order valence-electron chi connectivity index (χ4n) is 2.93. The highest BCUT2D eigenvalue weighted by Crippen LogP contribution is 2.40. The first-order valence-corrected chi connectivity index (χ1v) is 9.56. The number of hydrogen-bond donors (Lipinski definition) is 1. The lowest BCUT2D eigenvalue weighted by Crippen LogP contribution is -2.17. The van der Waals surface area contributed by atoms with Gasteiger partial charge in [-0.2, -0.15) is 0 Å². The van der Waals surface area contributed by atoms with Gasteiger partial charge in [-0.25, -0.2) is 4.79 Å². The number of hydrogen-bond acceptors (Lipinski definition) is 3. The predicted octanol–water partition coefficient (Wildman–Crippen LogP) is 6.77. The van der Waals surface area contributed by atoms with Crippen molar-refractivity contribution in [3.8, 4) is 16.9 Å². The number of carbonyl (C=O) groups is 1. The standard InChI is InChI=1S/C21H21BrF3NO3/c1-5-12(2)11-26(4)19-13(3)16(10-17(18(19)22)20(27)28)14-6-8-15(9-7-14)29-21(23,24)25/h6-11H,5H2,1-4H3,(H,27,28)/b12-11+. The number of carboxylic acids is 1. The van der Waals surface area contributed by atoms with Crippen LogP contribution in [-0.2, 0) is 0 Å². The SMILES string of the molecule is CC/C(C)=C/N(C)c1c(C)c(-c2ccc(OC(F)(F)F)cc2)cc(C(=O)O)c1Br. The van der Waals surface area contributed by atoms with Gasteiger partial charge in [0.25, 0.3) is 0 Å². The summed E-state index contributed by atoms with van der Waals surface area (Å²) < 4.78 is 41.5. The summed E-state index contributed by atoms with van der Waals surface area (Å²) in [5, 5.41) is 9.62. The summed E-state index contributed by atoms with van der Waals surface area (Å²) in [7, 11) is 1.82. The molecule has 8 heteroatoms. The number of allylic oxidation sites excluding steroid dienone is 1. The van der Waals surface area contributed by atoms with E-state index in [4.69, 9.17) is 0 Å². The number of carboxylic acid groups (broad SMARTS) is 1. The number of halogens is 4. The lowest BCUT2D eigenvalue weighted by atomic mass is 9.95. The number of ether oxygens (including phenoxy) is 1. The maximum atomic E-state index is 12.4. The second-order valence-corrected chi connectivity index (χ2v) is 7.37. The van der Waals surface area contributed by atoms with Crippen LogP contribution < -0.4 is 9.64 Å². The highest BCUT2D eigenvalue weighted by atomic mass is 79.9. The van der Waals surface area contributed by atoms with Gasteiger partial charge in [-0.3, -0.25) is 0 Å². The van der Waals surface area contributed by atoms with Gasteiger partial charge >= 0.3 is 12.3 Å². The van der Waals surface area contributed by atoms with Crippen molar-refractivity contribution in [1.82, 2.24) is 0 Å². The van der Waals surface area contributed by atoms with Crippen molar-refractivity contribution in [1.29, 1.82) is 0 Å². The van der Waals surface area contributed by atoms with E-state index in [1.165, 1.54) is 30.3 Å². The van der Waals surface area contributed by atoms with Crippen molar-refractivity contribution in [3.63, 3.8) is 0 Å². The molecule has 0 aliphatic rings. The van der Waals surface area contributed by atoms with Crippen LogP contribution in [0.5, 0.6) is 5.75 Å². The van der Waals surface area contributed by atoms with Crippen molar-refractivity contribution < 1.29 is 27.8 Å². The van der Waals surface area contributed by atoms with E-state index in [2.05, 4.69) is 20.7 Å². The van der Waals surface area contributed by atoms with Crippen molar-refractivity contribution in [2.24, 2.45) is 0 Å². The topological polar surface area (TPSA) is 49.8 Å². The van der Waals surface area contributed by atoms with Gasteiger partial charge in [0.2, 0.25) is 0 Å². The zero-order chi connectivity index (χ0) is 21.9. The van der Waals surface area contributed by atoms with Crippen molar-refractivity contribution in [3.05, 3.63) is 57.7 Å². The Hall–Kier alpha value is -2.48. The maximum absolute atomic E-state index is 12.4. The Morgan fingerprint density at radius 3 is 2.34 bits per heavy atom. The predicted molar refractivity (Wildman–Crippen MR) is 110 cm³/mol. The van der Waals surface area contributed by atoms with E-state index in [-0.39, 0.29) is 11.3 Å². The molecule has 0 bridgehead atoms. The van der Waals surface area contributed by atoms with E-state index in [0.29, 0.717) is 21.3 Å². The quantitative estimate of drug-likeness (QED) is 0.504. The summed E-state index contributed by atoms with van der Waals surface area (Å²) in [6.07, 6.45) is -2.01. The molecule has 1 N–H and O–H groups in total. The third kappa shape index (κ3) is 5.53. The van der Waals surface area contributed by atoms with Crippen LogP contribution in [0, 0.1) is 6.92 Å². The minimum absolute atomic E-state index is 0.0608. The first-order valence-electron chi connectivity index (χ1n) is 8.77. The number of anilines is 1. The van der Waals surface area contributed by atoms with E-state index in [0.717, 1.165) is 17.6 Å². The smallest absolute Gasteiger partial charge is 0.478 e. The summed E-state index contributed by atoms with van der Waals surface area (Å²) in [6.45, 7) is 5.83. The molecule has 0 saturated carbocycles. The van der Waals surface area contributed by atoms with E-state index >= 15 is 0 Å². The minimum atomic E-state index is -4.77. The Balaban J connectivity index is 2.62. The fourth-order valence-corrected chi connectivity index (χ4v) is 3.79. The molecular formula is C21H21BrF3NO3. The zero-order valence-electron chi connectivity index (χ0n) is 16.4. The van der Waals surface area contributed by atoms with Crippen molar-refractivity contribution >= 4 is 27.6 Å². The molecular weight excluding hydrogens is 451 g/mol. The lowest BCUT2D eigenvalue weighted by molar-refractivity contribution is -0.274. The molecule has 4 nitrogen and oxygen atoms in total. The molecule has 0 amide bonds. The summed E-state index contributed by atoms with van der Waals surface area (Å²) in [4.78, 5) is 13.6. The largest absolute Gasteiger partial charge is 0.573 e. The Morgan fingerprint density at radius 2 is 1.86 bits per heavy atom. The van der Waals surface area contributed by atoms with Gasteiger partial charge in [0.05, 0.1) is 15.7 Å². The highest BCUT2D eigenvalue weighted by Gasteiger charge is 2.31. The lowest BCUT2D eigenvalue weighted by Gasteiger charge is -2.24. The molecule has 0 aromatic heterocycles. The molecule has 156 valence electrons. The molecule has 0 fully saturated rings. The first-order chi connectivity index (χ1) is 13.4. The van der Waals surface area contributed by atoms with Crippen LogP contribution in [-0.4, -0.2) is 24.5 Å². The van der Waals surface area contributed by atoms with Gasteiger partial charge in [-0.05, 0) is 71.1 Å². The van der Waals surface area contributed by atoms with Gasteiger partial charge in [-0.1, -0.05) is 24.6 Å². The van der Waals surface area contributed by atoms with E-state index in [1.807, 2.05) is 38.9 Å². The van der Waals surface area contributed by atoms with E-state index < -0.39 is 12.3 Å². The molecule has 2 aromatic rings. The molecule has 0 unspecified atom stereocenters. The van der Waals surface area contributed by atoms with Gasteiger partial charge in [-0.15, -0.1) is 13.2 Å². The first kappa shape index (κ1) is 22.8. The van der Waals surface area contributed by atoms with Crippen LogP contribution in [0.4, 0.5) is 18.9 Å². The molecule has 0 aliphatic heterocycles. The van der Waals surface area contributed by atoms with E-state index in [9.17, 15) is 23.1 Å². The third-order valence-electron chi connectivity index (χ3n) is 4.45. The van der Waals surface area contributed by atoms with Gasteiger partial charge in [0.1, 0.15) is 5.75 Å². The average Bonchev–Trinajstić information content (AvgIpc) is 2.61. The Kier molecular flexibility index (Phi) is 7.00. The molecule has 29 heavy (non-hydrogen) atoms. The van der Waals surface area contributed by atoms with Crippen LogP contribution in [0.3, 0.4) is 0 Å². The zero-order valence-corrected chi connectivity index (χ0v) is 18.0. The van der Waals surface area contributed by atoms with Gasteiger partial charge in [0.15, 0.2) is 0 Å². The molecule has 2 aromatic carbocycles. The highest BCUT2D eigenvalue weighted by molar-refractivity contribution is 9.10. The molecule has 0 radical (unpaired) electrons. The minimum Gasteiger partial charge on any atom is -0.478 e. The fraction of sp³-hybridized carbons (Fsp3) is 0.286. The second kappa shape index (κ2) is 8.90. The van der Waals surface area contributed by atoms with Crippen LogP contribution in [0.25, 0.3) is 11.1 Å². The molecule has 0 spiro atoms. The van der Waals surface area contributed by atoms with Gasteiger partial charge < -0.3 is 14.7 Å². The molecule has 0 heterocycles. The third-order valence-corrected chi connectivity index (χ3v) is 5.25. The number of alkyl halides is 3. The summed E-state index contributed by atoms with van der Waals surface area (Å²) >= 11 is 3.40. The number of benzene rings is 2. The molecule has 0 atom stereocenters. The van der Waals surface area contributed by atoms with Crippen LogP contribution in [0.1, 0.15) is 36.2 Å². The monoisotopic (exact) mass is 471 g/mol. The molecule has 0 aliphatic carbocycles. The van der Waals surface area contributed by atoms with Crippen LogP contribution in [0.15, 0.2) is 46.6 Å². The summed E-state index contributed by atoms with van der Waals surface area (Å²) in [6, 6.07) is 6.86. The molecule has 0 saturated heterocycles. The van der Waals surface area contributed by atoms with Crippen LogP contribution >= 0.6 is 15.9 Å². The van der Waals surface area contributed by atoms with Crippen molar-refractivity contribution in [2.75, 3.05) is 11.9 Å². The Morgan fingerprint density at radius 1 is 1.28 bits per heavy atom. The molecule has 2 rings (SSSR count). The summed E-state index contributed by atoms with van der Waals surface area (Å²) in [5.74, 6) is -1.45. The van der Waals surface area contributed by atoms with E-state index in [1.54, 1.807) is 0 Å². The normalized spacial score (nSPS) is 12.1. The summed E-state index contributed by atoms with van der Waals surface area (Å²) in [5.41, 5.74) is 3.81. The van der Waals surface area contributed by atoms with Crippen LogP contribution in [0.2, 0.25) is 0 Å². The Bertz CT molecular complexity index is 938. The number of aromatic carboxylic acids is 1. The second-order valence-electron chi connectivity index (χ2n) is 6.58. The van der Waals surface area contributed by atoms with Crippen molar-refractivity contribution in [2.45, 2.75) is 33.6 Å². The number of nitrogens with zero attached hydrogens (tertiary/aromatic N) is 1. The van der Waals surface area contributed by atoms with Gasteiger partial charge in [0, 0.05) is 13.2 Å². The Labute approximate surface area is 175 Å². The average molecular weight is 472 g/mol.